The normalized spacial score (nSPS) is 14.7. The summed E-state index contributed by atoms with van der Waals surface area (Å²) in [6.45, 7) is 7.81. The molecule has 0 saturated carbocycles. The topological polar surface area (TPSA) is 99.7 Å². The fraction of sp³-hybridized carbons (Fsp3) is 0.409. The predicted molar refractivity (Wildman–Crippen MR) is 118 cm³/mol. The first-order chi connectivity index (χ1) is 14.5. The van der Waals surface area contributed by atoms with Crippen molar-refractivity contribution in [3.63, 3.8) is 0 Å². The van der Waals surface area contributed by atoms with Gasteiger partial charge in [-0.15, -0.1) is 0 Å². The van der Waals surface area contributed by atoms with Crippen LogP contribution >= 0.6 is 0 Å². The molecule has 0 unspecified atom stereocenters. The SMILES string of the molecule is CCc1cc(=O)[nH]c(-c2ccc(NC3CCN(c4cc(C)nc(C)n4)CC3)nc2)n1. The van der Waals surface area contributed by atoms with Gasteiger partial charge in [-0.25, -0.2) is 19.9 Å². The van der Waals surface area contributed by atoms with Crippen molar-refractivity contribution in [2.24, 2.45) is 0 Å². The number of aryl methyl sites for hydroxylation is 3. The van der Waals surface area contributed by atoms with Crippen LogP contribution in [0.5, 0.6) is 0 Å². The van der Waals surface area contributed by atoms with Crippen molar-refractivity contribution in [1.82, 2.24) is 24.9 Å². The van der Waals surface area contributed by atoms with Gasteiger partial charge in [0.05, 0.1) is 0 Å². The van der Waals surface area contributed by atoms with Crippen LogP contribution in [0.2, 0.25) is 0 Å². The second kappa shape index (κ2) is 8.61. The zero-order valence-corrected chi connectivity index (χ0v) is 17.6. The summed E-state index contributed by atoms with van der Waals surface area (Å²) in [6, 6.07) is 7.83. The molecule has 0 amide bonds. The molecule has 30 heavy (non-hydrogen) atoms. The van der Waals surface area contributed by atoms with Crippen LogP contribution in [0.15, 0.2) is 35.3 Å². The third kappa shape index (κ3) is 4.64. The molecule has 1 fully saturated rings. The number of hydrogen-bond donors (Lipinski definition) is 2. The Labute approximate surface area is 175 Å². The first kappa shape index (κ1) is 20.0. The first-order valence-electron chi connectivity index (χ1n) is 10.4. The lowest BCUT2D eigenvalue weighted by atomic mass is 10.0. The number of aromatic amines is 1. The lowest BCUT2D eigenvalue weighted by molar-refractivity contribution is 0.521. The van der Waals surface area contributed by atoms with Crippen LogP contribution < -0.4 is 15.8 Å². The number of nitrogens with zero attached hydrogens (tertiary/aromatic N) is 5. The van der Waals surface area contributed by atoms with E-state index >= 15 is 0 Å². The van der Waals surface area contributed by atoms with Gasteiger partial charge in [-0.3, -0.25) is 4.79 Å². The molecule has 1 aliphatic heterocycles. The molecule has 4 rings (SSSR count). The molecule has 4 heterocycles. The maximum absolute atomic E-state index is 11.8. The molecule has 0 bridgehead atoms. The van der Waals surface area contributed by atoms with Crippen molar-refractivity contribution >= 4 is 11.6 Å². The zero-order chi connectivity index (χ0) is 21.1. The third-order valence-corrected chi connectivity index (χ3v) is 5.32. The van der Waals surface area contributed by atoms with Gasteiger partial charge in [-0.05, 0) is 45.2 Å². The summed E-state index contributed by atoms with van der Waals surface area (Å²) in [4.78, 5) is 34.9. The fourth-order valence-electron chi connectivity index (χ4n) is 3.77. The Balaban J connectivity index is 1.38. The highest BCUT2D eigenvalue weighted by Crippen LogP contribution is 2.22. The van der Waals surface area contributed by atoms with E-state index in [1.165, 1.54) is 6.07 Å². The maximum atomic E-state index is 11.8. The van der Waals surface area contributed by atoms with E-state index in [2.05, 4.69) is 35.1 Å². The van der Waals surface area contributed by atoms with E-state index in [0.717, 1.165) is 66.8 Å². The Morgan fingerprint density at radius 2 is 1.93 bits per heavy atom. The van der Waals surface area contributed by atoms with Crippen LogP contribution in [-0.4, -0.2) is 44.1 Å². The number of H-pyrrole nitrogens is 1. The molecule has 8 heteroatoms. The molecule has 2 N–H and O–H groups in total. The summed E-state index contributed by atoms with van der Waals surface area (Å²) in [7, 11) is 0. The van der Waals surface area contributed by atoms with Crippen molar-refractivity contribution in [2.75, 3.05) is 23.3 Å². The second-order valence-electron chi connectivity index (χ2n) is 7.69. The summed E-state index contributed by atoms with van der Waals surface area (Å²) in [5, 5.41) is 3.53. The molecule has 0 aliphatic carbocycles. The second-order valence-corrected chi connectivity index (χ2v) is 7.69. The van der Waals surface area contributed by atoms with E-state index in [-0.39, 0.29) is 5.56 Å². The van der Waals surface area contributed by atoms with Gasteiger partial charge in [0, 0.05) is 54.4 Å². The molecule has 0 spiro atoms. The lowest BCUT2D eigenvalue weighted by Gasteiger charge is -2.33. The van der Waals surface area contributed by atoms with Crippen LogP contribution in [0.4, 0.5) is 11.6 Å². The predicted octanol–water partition coefficient (Wildman–Crippen LogP) is 2.88. The first-order valence-corrected chi connectivity index (χ1v) is 10.4. The molecular formula is C22H27N7O. The zero-order valence-electron chi connectivity index (χ0n) is 17.6. The highest BCUT2D eigenvalue weighted by Gasteiger charge is 2.21. The van der Waals surface area contributed by atoms with Gasteiger partial charge in [-0.1, -0.05) is 6.92 Å². The van der Waals surface area contributed by atoms with Crippen LogP contribution in [0.3, 0.4) is 0 Å². The molecule has 1 saturated heterocycles. The standard InChI is InChI=1S/C22H27N7O/c1-4-17-12-21(30)28-22(27-17)16-5-6-19(23-13-16)26-18-7-9-29(10-8-18)20-11-14(2)24-15(3)25-20/h5-6,11-13,18H,4,7-10H2,1-3H3,(H,23,26)(H,27,28,30). The van der Waals surface area contributed by atoms with Gasteiger partial charge >= 0.3 is 0 Å². The van der Waals surface area contributed by atoms with E-state index in [9.17, 15) is 4.79 Å². The average molecular weight is 406 g/mol. The van der Waals surface area contributed by atoms with Crippen molar-refractivity contribution in [1.29, 1.82) is 0 Å². The Bertz CT molecular complexity index is 1050. The van der Waals surface area contributed by atoms with Crippen molar-refractivity contribution < 1.29 is 0 Å². The number of aromatic nitrogens is 5. The van der Waals surface area contributed by atoms with E-state index in [1.54, 1.807) is 6.20 Å². The van der Waals surface area contributed by atoms with Gasteiger partial charge in [-0.2, -0.15) is 0 Å². The van der Waals surface area contributed by atoms with Crippen LogP contribution in [0.25, 0.3) is 11.4 Å². The van der Waals surface area contributed by atoms with E-state index in [0.29, 0.717) is 11.9 Å². The van der Waals surface area contributed by atoms with Gasteiger partial charge in [0.2, 0.25) is 0 Å². The smallest absolute Gasteiger partial charge is 0.251 e. The quantitative estimate of drug-likeness (QED) is 0.673. The molecule has 0 radical (unpaired) electrons. The molecule has 0 aromatic carbocycles. The van der Waals surface area contributed by atoms with Gasteiger partial charge in [0.1, 0.15) is 23.3 Å². The minimum atomic E-state index is -0.139. The maximum Gasteiger partial charge on any atom is 0.251 e. The fourth-order valence-corrected chi connectivity index (χ4v) is 3.77. The summed E-state index contributed by atoms with van der Waals surface area (Å²) >= 11 is 0. The Kier molecular flexibility index (Phi) is 5.74. The highest BCUT2D eigenvalue weighted by molar-refractivity contribution is 5.56. The number of nitrogens with one attached hydrogen (secondary N) is 2. The van der Waals surface area contributed by atoms with E-state index in [4.69, 9.17) is 0 Å². The molecule has 8 nitrogen and oxygen atoms in total. The van der Waals surface area contributed by atoms with E-state index < -0.39 is 0 Å². The minimum Gasteiger partial charge on any atom is -0.367 e. The molecule has 3 aromatic heterocycles. The Morgan fingerprint density at radius 1 is 1.13 bits per heavy atom. The van der Waals surface area contributed by atoms with Crippen molar-refractivity contribution in [3.05, 3.63) is 58.0 Å². The summed E-state index contributed by atoms with van der Waals surface area (Å²) in [6.07, 6.45) is 4.50. The Morgan fingerprint density at radius 3 is 2.60 bits per heavy atom. The summed E-state index contributed by atoms with van der Waals surface area (Å²) in [5.74, 6) is 3.22. The van der Waals surface area contributed by atoms with Crippen LogP contribution in [-0.2, 0) is 6.42 Å². The minimum absolute atomic E-state index is 0.139. The number of pyridine rings is 1. The molecule has 3 aromatic rings. The van der Waals surface area contributed by atoms with Gasteiger partial charge < -0.3 is 15.2 Å². The molecular weight excluding hydrogens is 378 g/mol. The monoisotopic (exact) mass is 405 g/mol. The highest BCUT2D eigenvalue weighted by atomic mass is 16.1. The van der Waals surface area contributed by atoms with Crippen LogP contribution in [0.1, 0.15) is 37.0 Å². The number of rotatable bonds is 5. The van der Waals surface area contributed by atoms with Gasteiger partial charge in [0.15, 0.2) is 0 Å². The largest absolute Gasteiger partial charge is 0.367 e. The summed E-state index contributed by atoms with van der Waals surface area (Å²) < 4.78 is 0. The number of piperidine rings is 1. The molecule has 1 aliphatic rings. The number of anilines is 2. The van der Waals surface area contributed by atoms with E-state index in [1.807, 2.05) is 39.0 Å². The summed E-state index contributed by atoms with van der Waals surface area (Å²) in [5.41, 5.74) is 2.44. The third-order valence-electron chi connectivity index (χ3n) is 5.32. The molecule has 156 valence electrons. The van der Waals surface area contributed by atoms with Crippen molar-refractivity contribution in [2.45, 2.75) is 46.1 Å². The van der Waals surface area contributed by atoms with Gasteiger partial charge in [0.25, 0.3) is 5.56 Å². The van der Waals surface area contributed by atoms with Crippen LogP contribution in [0, 0.1) is 13.8 Å². The lowest BCUT2D eigenvalue weighted by Crippen LogP contribution is -2.39. The number of hydrogen-bond acceptors (Lipinski definition) is 7. The molecule has 0 atom stereocenters. The average Bonchev–Trinajstić information content (AvgIpc) is 2.73. The Hall–Kier alpha value is -3.29. The van der Waals surface area contributed by atoms with Crippen molar-refractivity contribution in [3.8, 4) is 11.4 Å².